The van der Waals surface area contributed by atoms with Gasteiger partial charge in [-0.05, 0) is 25.0 Å². The van der Waals surface area contributed by atoms with Crippen LogP contribution in [0.2, 0.25) is 0 Å². The zero-order valence-corrected chi connectivity index (χ0v) is 13.8. The first-order valence-corrected chi connectivity index (χ1v) is 8.59. The van der Waals surface area contributed by atoms with Crippen molar-refractivity contribution in [3.63, 3.8) is 0 Å². The number of benzene rings is 1. The molecule has 120 valence electrons. The summed E-state index contributed by atoms with van der Waals surface area (Å²) in [7, 11) is 0. The second-order valence-electron chi connectivity index (χ2n) is 5.65. The third-order valence-corrected chi connectivity index (χ3v) is 4.86. The molecule has 0 saturated carbocycles. The maximum atomic E-state index is 12.1. The summed E-state index contributed by atoms with van der Waals surface area (Å²) in [6.07, 6.45) is 2.02. The molecule has 23 heavy (non-hydrogen) atoms. The molecule has 3 rings (SSSR count). The number of nitrogens with zero attached hydrogens (tertiary/aromatic N) is 1. The molecule has 2 aromatic rings. The highest BCUT2D eigenvalue weighted by molar-refractivity contribution is 7.09. The highest BCUT2D eigenvalue weighted by atomic mass is 32.1. The van der Waals surface area contributed by atoms with Crippen molar-refractivity contribution in [3.05, 3.63) is 51.5 Å². The predicted octanol–water partition coefficient (Wildman–Crippen LogP) is 2.38. The van der Waals surface area contributed by atoms with E-state index in [-0.39, 0.29) is 24.3 Å². The normalized spacial score (nSPS) is 16.0. The van der Waals surface area contributed by atoms with Crippen molar-refractivity contribution in [2.24, 2.45) is 0 Å². The molecule has 0 bridgehead atoms. The summed E-state index contributed by atoms with van der Waals surface area (Å²) in [6, 6.07) is 7.19. The molecule has 1 unspecified atom stereocenters. The van der Waals surface area contributed by atoms with Gasteiger partial charge in [0.15, 0.2) is 0 Å². The van der Waals surface area contributed by atoms with E-state index in [0.29, 0.717) is 12.1 Å². The summed E-state index contributed by atoms with van der Waals surface area (Å²) in [5, 5.41) is 8.92. The number of hydrogen-bond donors (Lipinski definition) is 2. The van der Waals surface area contributed by atoms with E-state index >= 15 is 0 Å². The average Bonchev–Trinajstić information content (AvgIpc) is 3.09. The van der Waals surface area contributed by atoms with E-state index < -0.39 is 0 Å². The first-order valence-electron chi connectivity index (χ1n) is 7.71. The lowest BCUT2D eigenvalue weighted by Crippen LogP contribution is -2.29. The number of aryl methyl sites for hydroxylation is 2. The van der Waals surface area contributed by atoms with Crippen LogP contribution in [0.5, 0.6) is 0 Å². The molecule has 2 amide bonds. The predicted molar refractivity (Wildman–Crippen MR) is 89.4 cm³/mol. The molecule has 0 fully saturated rings. The van der Waals surface area contributed by atoms with E-state index in [1.165, 1.54) is 0 Å². The summed E-state index contributed by atoms with van der Waals surface area (Å²) in [6.45, 7) is 2.61. The average molecular weight is 329 g/mol. The number of hydrogen-bond acceptors (Lipinski definition) is 4. The van der Waals surface area contributed by atoms with E-state index in [2.05, 4.69) is 15.6 Å². The quantitative estimate of drug-likeness (QED) is 0.799. The highest BCUT2D eigenvalue weighted by Gasteiger charge is 2.29. The minimum Gasteiger partial charge on any atom is -0.356 e. The van der Waals surface area contributed by atoms with Crippen molar-refractivity contribution < 1.29 is 9.59 Å². The molecule has 0 radical (unpaired) electrons. The Bertz CT molecular complexity index is 726. The summed E-state index contributed by atoms with van der Waals surface area (Å²) in [5.74, 6) is -0.139. The fourth-order valence-electron chi connectivity index (χ4n) is 2.72. The van der Waals surface area contributed by atoms with Gasteiger partial charge in [-0.15, -0.1) is 11.3 Å². The molecular weight excluding hydrogens is 310 g/mol. The van der Waals surface area contributed by atoms with Crippen molar-refractivity contribution in [2.45, 2.75) is 32.2 Å². The third kappa shape index (κ3) is 3.76. The molecule has 1 aromatic carbocycles. The Hall–Kier alpha value is -2.21. The topological polar surface area (TPSA) is 71.1 Å². The molecule has 1 aromatic heterocycles. The smallest absolute Gasteiger partial charge is 0.252 e. The van der Waals surface area contributed by atoms with Crippen molar-refractivity contribution in [1.82, 2.24) is 15.6 Å². The highest BCUT2D eigenvalue weighted by Crippen LogP contribution is 2.27. The number of fused-ring (bicyclic) bond motifs is 1. The van der Waals surface area contributed by atoms with Gasteiger partial charge in [0.05, 0.1) is 17.5 Å². The summed E-state index contributed by atoms with van der Waals surface area (Å²) >= 11 is 1.66. The fourth-order valence-corrected chi connectivity index (χ4v) is 3.54. The largest absolute Gasteiger partial charge is 0.356 e. The van der Waals surface area contributed by atoms with Gasteiger partial charge < -0.3 is 10.6 Å². The van der Waals surface area contributed by atoms with E-state index in [1.807, 2.05) is 30.5 Å². The molecule has 0 spiro atoms. The Labute approximate surface area is 139 Å². The molecule has 2 heterocycles. The molecule has 5 nitrogen and oxygen atoms in total. The van der Waals surface area contributed by atoms with Gasteiger partial charge in [-0.3, -0.25) is 9.59 Å². The van der Waals surface area contributed by atoms with Crippen LogP contribution in [0, 0.1) is 6.92 Å². The minimum atomic E-state index is -0.222. The molecule has 1 atom stereocenters. The number of aromatic nitrogens is 1. The van der Waals surface area contributed by atoms with Crippen molar-refractivity contribution in [3.8, 4) is 0 Å². The summed E-state index contributed by atoms with van der Waals surface area (Å²) in [4.78, 5) is 28.3. The van der Waals surface area contributed by atoms with E-state index in [0.717, 1.165) is 29.1 Å². The number of nitrogens with one attached hydrogen (secondary N) is 2. The van der Waals surface area contributed by atoms with Gasteiger partial charge in [0.1, 0.15) is 0 Å². The maximum absolute atomic E-state index is 12.1. The van der Waals surface area contributed by atoms with E-state index in [1.54, 1.807) is 17.4 Å². The lowest BCUT2D eigenvalue weighted by molar-refractivity contribution is -0.121. The molecule has 1 aliphatic rings. The van der Waals surface area contributed by atoms with Gasteiger partial charge in [-0.1, -0.05) is 18.2 Å². The Balaban J connectivity index is 1.44. The van der Waals surface area contributed by atoms with Crippen molar-refractivity contribution in [1.29, 1.82) is 0 Å². The second-order valence-corrected chi connectivity index (χ2v) is 6.60. The Morgan fingerprint density at radius 1 is 1.39 bits per heavy atom. The van der Waals surface area contributed by atoms with Crippen LogP contribution in [0.4, 0.5) is 0 Å². The zero-order valence-electron chi connectivity index (χ0n) is 13.0. The number of carbonyl (C=O) groups is 2. The monoisotopic (exact) mass is 329 g/mol. The Morgan fingerprint density at radius 2 is 2.22 bits per heavy atom. The standard InChI is InChI=1S/C17H19N3O2S/c1-11-10-23-16(19-11)7-4-8-18-15(21)9-14-12-5-2-3-6-13(12)17(22)20-14/h2-3,5-6,10,14H,4,7-9H2,1H3,(H,18,21)(H,20,22). The first-order chi connectivity index (χ1) is 11.1. The SMILES string of the molecule is Cc1csc(CCCNC(=O)CC2NC(=O)c3ccccc32)n1. The van der Waals surface area contributed by atoms with E-state index in [9.17, 15) is 9.59 Å². The van der Waals surface area contributed by atoms with Crippen LogP contribution in [0.15, 0.2) is 29.6 Å². The number of thiazole rings is 1. The number of amides is 2. The molecule has 0 aliphatic carbocycles. The van der Waals surface area contributed by atoms with Crippen LogP contribution in [-0.2, 0) is 11.2 Å². The molecule has 1 aliphatic heterocycles. The molecule has 2 N–H and O–H groups in total. The lowest BCUT2D eigenvalue weighted by Gasteiger charge is -2.11. The van der Waals surface area contributed by atoms with Gasteiger partial charge >= 0.3 is 0 Å². The van der Waals surface area contributed by atoms with Crippen LogP contribution in [0.3, 0.4) is 0 Å². The van der Waals surface area contributed by atoms with Crippen LogP contribution < -0.4 is 10.6 Å². The molecular formula is C17H19N3O2S. The Kier molecular flexibility index (Phi) is 4.71. The fraction of sp³-hybridized carbons (Fsp3) is 0.353. The number of rotatable bonds is 6. The zero-order chi connectivity index (χ0) is 16.2. The van der Waals surface area contributed by atoms with E-state index in [4.69, 9.17) is 0 Å². The van der Waals surface area contributed by atoms with Gasteiger partial charge in [0.2, 0.25) is 5.91 Å². The minimum absolute atomic E-state index is 0.0395. The lowest BCUT2D eigenvalue weighted by atomic mass is 10.0. The van der Waals surface area contributed by atoms with Gasteiger partial charge in [-0.2, -0.15) is 0 Å². The van der Waals surface area contributed by atoms with Gasteiger partial charge in [0.25, 0.3) is 5.91 Å². The van der Waals surface area contributed by atoms with Gasteiger partial charge in [0, 0.05) is 29.6 Å². The van der Waals surface area contributed by atoms with Crippen LogP contribution in [-0.4, -0.2) is 23.3 Å². The van der Waals surface area contributed by atoms with Crippen molar-refractivity contribution >= 4 is 23.2 Å². The number of carbonyl (C=O) groups excluding carboxylic acids is 2. The van der Waals surface area contributed by atoms with Crippen LogP contribution >= 0.6 is 11.3 Å². The second kappa shape index (κ2) is 6.91. The van der Waals surface area contributed by atoms with Crippen molar-refractivity contribution in [2.75, 3.05) is 6.54 Å². The van der Waals surface area contributed by atoms with Gasteiger partial charge in [-0.25, -0.2) is 4.98 Å². The Morgan fingerprint density at radius 3 is 3.00 bits per heavy atom. The third-order valence-electron chi connectivity index (χ3n) is 3.83. The molecule has 6 heteroatoms. The maximum Gasteiger partial charge on any atom is 0.252 e. The molecule has 0 saturated heterocycles. The summed E-state index contributed by atoms with van der Waals surface area (Å²) < 4.78 is 0. The van der Waals surface area contributed by atoms with Crippen LogP contribution in [0.1, 0.15) is 45.5 Å². The summed E-state index contributed by atoms with van der Waals surface area (Å²) in [5.41, 5.74) is 2.63. The first kappa shape index (κ1) is 15.7. The van der Waals surface area contributed by atoms with Crippen LogP contribution in [0.25, 0.3) is 0 Å².